The minimum Gasteiger partial charge on any atom is -0.454 e. The van der Waals surface area contributed by atoms with E-state index in [1.807, 2.05) is 30.3 Å². The average Bonchev–Trinajstić information content (AvgIpc) is 3.14. The molecule has 2 aromatic rings. The predicted molar refractivity (Wildman–Crippen MR) is 104 cm³/mol. The fourth-order valence-corrected chi connectivity index (χ4v) is 5.15. The van der Waals surface area contributed by atoms with Gasteiger partial charge in [-0.3, -0.25) is 9.59 Å². The number of likely N-dealkylation sites (tertiary alicyclic amines) is 2. The summed E-state index contributed by atoms with van der Waals surface area (Å²) in [6, 6.07) is 14.8. The Balaban J connectivity index is 1.40. The van der Waals surface area contributed by atoms with Crippen LogP contribution in [0.4, 0.5) is 0 Å². The van der Waals surface area contributed by atoms with Crippen LogP contribution in [0, 0.1) is 0 Å². The highest BCUT2D eigenvalue weighted by Crippen LogP contribution is 2.54. The molecule has 0 saturated carbocycles. The van der Waals surface area contributed by atoms with Crippen LogP contribution in [0.5, 0.6) is 11.5 Å². The Bertz CT molecular complexity index is 970. The van der Waals surface area contributed by atoms with Gasteiger partial charge in [0.2, 0.25) is 12.7 Å². The number of rotatable bonds is 3. The van der Waals surface area contributed by atoms with Crippen LogP contribution in [-0.4, -0.2) is 64.8 Å². The van der Waals surface area contributed by atoms with Crippen molar-refractivity contribution in [3.8, 4) is 11.5 Å². The van der Waals surface area contributed by atoms with Gasteiger partial charge in [0, 0.05) is 31.5 Å². The minimum atomic E-state index is -0.466. The number of amides is 2. The summed E-state index contributed by atoms with van der Waals surface area (Å²) < 4.78 is 10.7. The standard InChI is InChI=1S/C22H22N2O5/c1-14(26)24-17(10-25)20(15-5-3-2-4-6-15)22(24)11-23(12-22)21(27)16-7-8-18-19(9-16)29-13-28-18/h2-9,17,20,25H,10-13H2,1H3/t17-,20+/m1/s1. The fourth-order valence-electron chi connectivity index (χ4n) is 5.15. The quantitative estimate of drug-likeness (QED) is 0.856. The first-order chi connectivity index (χ1) is 14.0. The van der Waals surface area contributed by atoms with E-state index in [1.165, 1.54) is 6.92 Å². The molecule has 29 heavy (non-hydrogen) atoms. The summed E-state index contributed by atoms with van der Waals surface area (Å²) in [5.41, 5.74) is 1.15. The van der Waals surface area contributed by atoms with Gasteiger partial charge in [-0.05, 0) is 23.8 Å². The topological polar surface area (TPSA) is 79.3 Å². The van der Waals surface area contributed by atoms with E-state index in [1.54, 1.807) is 28.0 Å². The molecule has 3 aliphatic heterocycles. The lowest BCUT2D eigenvalue weighted by Crippen LogP contribution is -2.85. The first kappa shape index (κ1) is 18.0. The van der Waals surface area contributed by atoms with E-state index in [9.17, 15) is 14.7 Å². The summed E-state index contributed by atoms with van der Waals surface area (Å²) in [6.45, 7) is 2.46. The van der Waals surface area contributed by atoms with Crippen molar-refractivity contribution in [3.05, 3.63) is 59.7 Å². The molecule has 2 fully saturated rings. The average molecular weight is 394 g/mol. The Morgan fingerprint density at radius 1 is 1.10 bits per heavy atom. The Kier molecular flexibility index (Phi) is 4.03. The Morgan fingerprint density at radius 2 is 1.83 bits per heavy atom. The number of aliphatic hydroxyl groups excluding tert-OH is 1. The number of benzene rings is 2. The monoisotopic (exact) mass is 394 g/mol. The molecule has 2 atom stereocenters. The zero-order chi connectivity index (χ0) is 20.2. The van der Waals surface area contributed by atoms with Gasteiger partial charge in [0.1, 0.15) is 0 Å². The number of aliphatic hydroxyl groups is 1. The number of carbonyl (C=O) groups excluding carboxylic acids is 2. The van der Waals surface area contributed by atoms with Crippen LogP contribution in [0.25, 0.3) is 0 Å². The molecule has 2 aromatic carbocycles. The second-order valence-corrected chi connectivity index (χ2v) is 7.86. The summed E-state index contributed by atoms with van der Waals surface area (Å²) in [7, 11) is 0. The molecule has 0 unspecified atom stereocenters. The van der Waals surface area contributed by atoms with E-state index < -0.39 is 5.54 Å². The van der Waals surface area contributed by atoms with Crippen molar-refractivity contribution >= 4 is 11.8 Å². The molecule has 0 aliphatic carbocycles. The first-order valence-electron chi connectivity index (χ1n) is 9.70. The highest BCUT2D eigenvalue weighted by Gasteiger charge is 2.67. The molecule has 3 aliphatic rings. The van der Waals surface area contributed by atoms with Crippen LogP contribution >= 0.6 is 0 Å². The number of ether oxygens (including phenoxy) is 2. The third kappa shape index (κ3) is 2.54. The highest BCUT2D eigenvalue weighted by molar-refractivity contribution is 5.96. The summed E-state index contributed by atoms with van der Waals surface area (Å²) in [4.78, 5) is 28.8. The van der Waals surface area contributed by atoms with Crippen LogP contribution in [0.1, 0.15) is 28.8 Å². The third-order valence-electron chi connectivity index (χ3n) is 6.30. The molecule has 1 N–H and O–H groups in total. The molecule has 5 rings (SSSR count). The first-order valence-corrected chi connectivity index (χ1v) is 9.70. The van der Waals surface area contributed by atoms with Gasteiger partial charge in [-0.15, -0.1) is 0 Å². The Labute approximate surface area is 168 Å². The van der Waals surface area contributed by atoms with E-state index in [0.717, 1.165) is 5.56 Å². The maximum atomic E-state index is 13.0. The maximum absolute atomic E-state index is 13.0. The summed E-state index contributed by atoms with van der Waals surface area (Å²) in [5, 5.41) is 9.93. The predicted octanol–water partition coefficient (Wildman–Crippen LogP) is 1.62. The maximum Gasteiger partial charge on any atom is 0.254 e. The smallest absolute Gasteiger partial charge is 0.254 e. The third-order valence-corrected chi connectivity index (χ3v) is 6.30. The fraction of sp³-hybridized carbons (Fsp3) is 0.364. The largest absolute Gasteiger partial charge is 0.454 e. The zero-order valence-electron chi connectivity index (χ0n) is 16.1. The van der Waals surface area contributed by atoms with Gasteiger partial charge in [-0.2, -0.15) is 0 Å². The van der Waals surface area contributed by atoms with Crippen molar-refractivity contribution in [1.82, 2.24) is 9.80 Å². The van der Waals surface area contributed by atoms with Crippen LogP contribution in [0.2, 0.25) is 0 Å². The van der Waals surface area contributed by atoms with Gasteiger partial charge in [0.05, 0.1) is 18.2 Å². The van der Waals surface area contributed by atoms with Crippen molar-refractivity contribution in [2.75, 3.05) is 26.5 Å². The lowest BCUT2D eigenvalue weighted by Gasteiger charge is -2.70. The number of carbonyl (C=O) groups is 2. The number of hydrogen-bond donors (Lipinski definition) is 1. The van der Waals surface area contributed by atoms with Crippen LogP contribution in [0.3, 0.4) is 0 Å². The Hall–Kier alpha value is -3.06. The van der Waals surface area contributed by atoms with Crippen molar-refractivity contribution in [1.29, 1.82) is 0 Å². The second-order valence-electron chi connectivity index (χ2n) is 7.86. The van der Waals surface area contributed by atoms with E-state index in [0.29, 0.717) is 30.2 Å². The molecule has 0 radical (unpaired) electrons. The van der Waals surface area contributed by atoms with Gasteiger partial charge in [0.15, 0.2) is 11.5 Å². The van der Waals surface area contributed by atoms with Gasteiger partial charge < -0.3 is 24.4 Å². The van der Waals surface area contributed by atoms with Crippen molar-refractivity contribution in [2.45, 2.75) is 24.4 Å². The SMILES string of the molecule is CC(=O)N1[C@H](CO)[C@H](c2ccccc2)C12CN(C(=O)c1ccc3c(c1)OCO3)C2. The van der Waals surface area contributed by atoms with E-state index in [2.05, 4.69) is 0 Å². The van der Waals surface area contributed by atoms with Crippen molar-refractivity contribution in [3.63, 3.8) is 0 Å². The molecular weight excluding hydrogens is 372 g/mol. The second kappa shape index (κ2) is 6.49. The molecule has 3 heterocycles. The minimum absolute atomic E-state index is 0.00148. The van der Waals surface area contributed by atoms with Gasteiger partial charge in [-0.1, -0.05) is 30.3 Å². The molecular formula is C22H22N2O5. The number of nitrogens with zero attached hydrogens (tertiary/aromatic N) is 2. The molecule has 7 heteroatoms. The molecule has 2 saturated heterocycles. The van der Waals surface area contributed by atoms with E-state index in [-0.39, 0.29) is 37.2 Å². The molecule has 2 amide bonds. The van der Waals surface area contributed by atoms with Crippen LogP contribution in [-0.2, 0) is 4.79 Å². The summed E-state index contributed by atoms with van der Waals surface area (Å²) >= 11 is 0. The molecule has 1 spiro atoms. The van der Waals surface area contributed by atoms with Gasteiger partial charge in [0.25, 0.3) is 5.91 Å². The van der Waals surface area contributed by atoms with Gasteiger partial charge >= 0.3 is 0 Å². The number of fused-ring (bicyclic) bond motifs is 1. The lowest BCUT2D eigenvalue weighted by molar-refractivity contribution is -0.191. The number of hydrogen-bond acceptors (Lipinski definition) is 5. The van der Waals surface area contributed by atoms with E-state index >= 15 is 0 Å². The lowest BCUT2D eigenvalue weighted by atomic mass is 9.60. The molecule has 0 aromatic heterocycles. The molecule has 150 valence electrons. The Morgan fingerprint density at radius 3 is 2.52 bits per heavy atom. The molecule has 0 bridgehead atoms. The molecule has 7 nitrogen and oxygen atoms in total. The van der Waals surface area contributed by atoms with Crippen molar-refractivity contribution < 1.29 is 24.2 Å². The zero-order valence-corrected chi connectivity index (χ0v) is 16.1. The highest BCUT2D eigenvalue weighted by atomic mass is 16.7. The normalized spacial score (nSPS) is 23.5. The van der Waals surface area contributed by atoms with Crippen molar-refractivity contribution in [2.24, 2.45) is 0 Å². The van der Waals surface area contributed by atoms with Crippen LogP contribution in [0.15, 0.2) is 48.5 Å². The summed E-state index contributed by atoms with van der Waals surface area (Å²) in [5.74, 6) is 1.03. The van der Waals surface area contributed by atoms with Gasteiger partial charge in [-0.25, -0.2) is 0 Å². The van der Waals surface area contributed by atoms with E-state index in [4.69, 9.17) is 9.47 Å². The summed E-state index contributed by atoms with van der Waals surface area (Å²) in [6.07, 6.45) is 0. The van der Waals surface area contributed by atoms with Crippen LogP contribution < -0.4 is 9.47 Å².